The summed E-state index contributed by atoms with van der Waals surface area (Å²) in [5, 5.41) is 0. The molecule has 2 aromatic rings. The van der Waals surface area contributed by atoms with Crippen molar-refractivity contribution in [3.8, 4) is 0 Å². The number of allylic oxidation sites excluding steroid dienone is 2. The van der Waals surface area contributed by atoms with Crippen molar-refractivity contribution in [3.63, 3.8) is 0 Å². The number of hydrogen-bond acceptors (Lipinski definition) is 4. The number of benzene rings is 1. The Balaban J connectivity index is 1.54. The normalized spacial score (nSPS) is 20.2. The SMILES string of the molecule is Cc1ccc(CN2CCN(c3ccc(C(F)(F)F)cc3N3C=CC=CC3C)CC2)o1. The first-order valence-corrected chi connectivity index (χ1v) is 10.2. The Labute approximate surface area is 174 Å². The summed E-state index contributed by atoms with van der Waals surface area (Å²) < 4.78 is 45.8. The lowest BCUT2D eigenvalue weighted by Crippen LogP contribution is -2.46. The monoisotopic (exact) mass is 417 g/mol. The van der Waals surface area contributed by atoms with Crippen LogP contribution in [-0.2, 0) is 12.7 Å². The van der Waals surface area contributed by atoms with E-state index in [0.29, 0.717) is 5.69 Å². The zero-order valence-electron chi connectivity index (χ0n) is 17.2. The number of alkyl halides is 3. The summed E-state index contributed by atoms with van der Waals surface area (Å²) in [6.45, 7) is 7.81. The molecule has 4 rings (SSSR count). The fraction of sp³-hybridized carbons (Fsp3) is 0.391. The summed E-state index contributed by atoms with van der Waals surface area (Å²) in [6.07, 6.45) is 3.23. The zero-order chi connectivity index (χ0) is 21.3. The van der Waals surface area contributed by atoms with Crippen LogP contribution in [0.4, 0.5) is 24.5 Å². The van der Waals surface area contributed by atoms with Crippen molar-refractivity contribution in [2.24, 2.45) is 0 Å². The molecule has 0 saturated carbocycles. The summed E-state index contributed by atoms with van der Waals surface area (Å²) in [7, 11) is 0. The number of halogens is 3. The average molecular weight is 417 g/mol. The third kappa shape index (κ3) is 4.41. The van der Waals surface area contributed by atoms with Crippen LogP contribution in [0.5, 0.6) is 0 Å². The minimum atomic E-state index is -4.37. The topological polar surface area (TPSA) is 22.9 Å². The van der Waals surface area contributed by atoms with Gasteiger partial charge in [0, 0.05) is 38.4 Å². The highest BCUT2D eigenvalue weighted by Crippen LogP contribution is 2.39. The van der Waals surface area contributed by atoms with Crippen LogP contribution in [0.2, 0.25) is 0 Å². The van der Waals surface area contributed by atoms with Gasteiger partial charge in [0.1, 0.15) is 11.5 Å². The van der Waals surface area contributed by atoms with Crippen LogP contribution in [0, 0.1) is 6.92 Å². The minimum absolute atomic E-state index is 0.0132. The van der Waals surface area contributed by atoms with Crippen LogP contribution in [0.1, 0.15) is 24.0 Å². The van der Waals surface area contributed by atoms with E-state index < -0.39 is 11.7 Å². The maximum absolute atomic E-state index is 13.4. The van der Waals surface area contributed by atoms with Crippen molar-refractivity contribution >= 4 is 11.4 Å². The molecule has 1 unspecified atom stereocenters. The van der Waals surface area contributed by atoms with Gasteiger partial charge in [0.05, 0.1) is 23.5 Å². The molecule has 2 aliphatic rings. The lowest BCUT2D eigenvalue weighted by atomic mass is 10.1. The summed E-state index contributed by atoms with van der Waals surface area (Å²) >= 11 is 0. The first-order valence-electron chi connectivity index (χ1n) is 10.2. The molecule has 30 heavy (non-hydrogen) atoms. The van der Waals surface area contributed by atoms with Crippen molar-refractivity contribution in [2.75, 3.05) is 36.0 Å². The summed E-state index contributed by atoms with van der Waals surface area (Å²) in [6, 6.07) is 8.01. The molecule has 1 aromatic heterocycles. The van der Waals surface area contributed by atoms with E-state index in [1.54, 1.807) is 6.07 Å². The van der Waals surface area contributed by atoms with Crippen molar-refractivity contribution in [1.82, 2.24) is 4.90 Å². The molecule has 0 radical (unpaired) electrons. The Morgan fingerprint density at radius 3 is 2.40 bits per heavy atom. The molecule has 0 aliphatic carbocycles. The number of piperazine rings is 1. The predicted molar refractivity (Wildman–Crippen MR) is 113 cm³/mol. The highest BCUT2D eigenvalue weighted by atomic mass is 19.4. The van der Waals surface area contributed by atoms with Gasteiger partial charge in [-0.1, -0.05) is 12.2 Å². The maximum Gasteiger partial charge on any atom is 0.416 e. The molecule has 0 spiro atoms. The zero-order valence-corrected chi connectivity index (χ0v) is 17.2. The third-order valence-corrected chi connectivity index (χ3v) is 5.66. The van der Waals surface area contributed by atoms with E-state index in [4.69, 9.17) is 4.42 Å². The van der Waals surface area contributed by atoms with E-state index in [-0.39, 0.29) is 6.04 Å². The van der Waals surface area contributed by atoms with Gasteiger partial charge < -0.3 is 14.2 Å². The van der Waals surface area contributed by atoms with Gasteiger partial charge in [0.2, 0.25) is 0 Å². The van der Waals surface area contributed by atoms with Gasteiger partial charge in [-0.15, -0.1) is 0 Å². The summed E-state index contributed by atoms with van der Waals surface area (Å²) in [5.74, 6) is 1.84. The number of anilines is 2. The number of hydrogen-bond donors (Lipinski definition) is 0. The van der Waals surface area contributed by atoms with Gasteiger partial charge in [-0.3, -0.25) is 4.90 Å². The third-order valence-electron chi connectivity index (χ3n) is 5.66. The van der Waals surface area contributed by atoms with E-state index >= 15 is 0 Å². The molecular weight excluding hydrogens is 391 g/mol. The van der Waals surface area contributed by atoms with Crippen molar-refractivity contribution in [3.05, 3.63) is 71.8 Å². The first kappa shape index (κ1) is 20.6. The predicted octanol–water partition coefficient (Wildman–Crippen LogP) is 5.21. The molecule has 1 fully saturated rings. The Kier molecular flexibility index (Phi) is 5.64. The minimum Gasteiger partial charge on any atom is -0.465 e. The van der Waals surface area contributed by atoms with Crippen LogP contribution in [-0.4, -0.2) is 37.1 Å². The van der Waals surface area contributed by atoms with Crippen LogP contribution in [0.25, 0.3) is 0 Å². The molecule has 0 amide bonds. The largest absolute Gasteiger partial charge is 0.465 e. The molecule has 2 aliphatic heterocycles. The van der Waals surface area contributed by atoms with Gasteiger partial charge >= 0.3 is 6.18 Å². The smallest absolute Gasteiger partial charge is 0.416 e. The van der Waals surface area contributed by atoms with Crippen LogP contribution >= 0.6 is 0 Å². The molecular formula is C23H26F3N3O. The van der Waals surface area contributed by atoms with Crippen LogP contribution in [0.15, 0.2) is 59.2 Å². The van der Waals surface area contributed by atoms with E-state index in [1.807, 2.05) is 55.3 Å². The van der Waals surface area contributed by atoms with E-state index in [1.165, 1.54) is 12.1 Å². The Morgan fingerprint density at radius 1 is 1.00 bits per heavy atom. The maximum atomic E-state index is 13.4. The molecule has 7 heteroatoms. The highest BCUT2D eigenvalue weighted by molar-refractivity contribution is 5.75. The van der Waals surface area contributed by atoms with Gasteiger partial charge in [0.15, 0.2) is 0 Å². The second kappa shape index (κ2) is 8.22. The molecule has 3 heterocycles. The highest BCUT2D eigenvalue weighted by Gasteiger charge is 2.33. The number of furan rings is 1. The lowest BCUT2D eigenvalue weighted by molar-refractivity contribution is -0.137. The number of rotatable bonds is 4. The Hall–Kier alpha value is -2.67. The molecule has 1 saturated heterocycles. The fourth-order valence-electron chi connectivity index (χ4n) is 4.01. The number of aryl methyl sites for hydroxylation is 1. The molecule has 1 aromatic carbocycles. The van der Waals surface area contributed by atoms with Gasteiger partial charge in [-0.25, -0.2) is 0 Å². The van der Waals surface area contributed by atoms with Gasteiger partial charge in [-0.05, 0) is 50.3 Å². The molecule has 0 bridgehead atoms. The summed E-state index contributed by atoms with van der Waals surface area (Å²) in [5.41, 5.74) is 0.805. The number of nitrogens with zero attached hydrogens (tertiary/aromatic N) is 3. The van der Waals surface area contributed by atoms with Crippen LogP contribution < -0.4 is 9.80 Å². The van der Waals surface area contributed by atoms with Crippen molar-refractivity contribution < 1.29 is 17.6 Å². The van der Waals surface area contributed by atoms with E-state index in [9.17, 15) is 13.2 Å². The fourth-order valence-corrected chi connectivity index (χ4v) is 4.01. The Morgan fingerprint density at radius 2 is 1.77 bits per heavy atom. The van der Waals surface area contributed by atoms with Crippen molar-refractivity contribution in [1.29, 1.82) is 0 Å². The van der Waals surface area contributed by atoms with Gasteiger partial charge in [0.25, 0.3) is 0 Å². The van der Waals surface area contributed by atoms with E-state index in [2.05, 4.69) is 9.80 Å². The average Bonchev–Trinajstić information content (AvgIpc) is 3.12. The quantitative estimate of drug-likeness (QED) is 0.681. The molecule has 0 N–H and O–H groups in total. The van der Waals surface area contributed by atoms with Gasteiger partial charge in [-0.2, -0.15) is 13.2 Å². The molecule has 160 valence electrons. The first-order chi connectivity index (χ1) is 14.3. The standard InChI is InChI=1S/C23H26F3N3O/c1-17-5-3-4-10-29(17)22-15-19(23(24,25)26)7-9-21(22)28-13-11-27(12-14-28)16-20-8-6-18(2)30-20/h3-10,15,17H,11-14,16H2,1-2H3. The molecule has 4 nitrogen and oxygen atoms in total. The van der Waals surface area contributed by atoms with Crippen LogP contribution in [0.3, 0.4) is 0 Å². The Bertz CT molecular complexity index is 939. The van der Waals surface area contributed by atoms with Crippen molar-refractivity contribution in [2.45, 2.75) is 32.6 Å². The second-order valence-electron chi connectivity index (χ2n) is 7.85. The van der Waals surface area contributed by atoms with E-state index in [0.717, 1.165) is 49.9 Å². The molecule has 1 atom stereocenters. The summed E-state index contributed by atoms with van der Waals surface area (Å²) in [4.78, 5) is 6.39. The second-order valence-corrected chi connectivity index (χ2v) is 7.85. The lowest BCUT2D eigenvalue weighted by Gasteiger charge is -2.39.